The summed E-state index contributed by atoms with van der Waals surface area (Å²) in [5.41, 5.74) is 9.13. The van der Waals surface area contributed by atoms with Gasteiger partial charge in [0.1, 0.15) is 0 Å². The van der Waals surface area contributed by atoms with Gasteiger partial charge in [0, 0.05) is 11.1 Å². The third kappa shape index (κ3) is 3.60. The number of carbonyl (C=O) groups excluding carboxylic acids is 2. The maximum absolute atomic E-state index is 12.5. The number of nitrogens with two attached hydrogens (primary N) is 2. The van der Waals surface area contributed by atoms with Gasteiger partial charge in [-0.15, -0.1) is 0 Å². The lowest BCUT2D eigenvalue weighted by Crippen LogP contribution is -1.99. The maximum Gasteiger partial charge on any atom is 0.182 e. The van der Waals surface area contributed by atoms with Crippen molar-refractivity contribution in [1.29, 1.82) is 0 Å². The Morgan fingerprint density at radius 1 is 0.682 bits per heavy atom. The standard InChI is InChI=1S/2C7H5F2NO/c2*8-5-2-1-4(3-11)7(10)6(5)9/h2*1-3H,10H2. The van der Waals surface area contributed by atoms with Crippen molar-refractivity contribution in [3.63, 3.8) is 0 Å². The number of hydrogen-bond donors (Lipinski definition) is 2. The van der Waals surface area contributed by atoms with E-state index in [0.29, 0.717) is 12.6 Å². The summed E-state index contributed by atoms with van der Waals surface area (Å²) in [6.07, 6.45) is 0.746. The van der Waals surface area contributed by atoms with Crippen molar-refractivity contribution in [2.24, 2.45) is 0 Å². The minimum atomic E-state index is -1.17. The third-order valence-electron chi connectivity index (χ3n) is 2.59. The molecule has 0 amide bonds. The van der Waals surface area contributed by atoms with Crippen LogP contribution in [0.2, 0.25) is 0 Å². The van der Waals surface area contributed by atoms with E-state index in [9.17, 15) is 27.2 Å². The fraction of sp³-hybridized carbons (Fsp3) is 0. The van der Waals surface area contributed by atoms with Crippen LogP contribution in [-0.2, 0) is 0 Å². The number of rotatable bonds is 2. The molecule has 0 atom stereocenters. The lowest BCUT2D eigenvalue weighted by molar-refractivity contribution is 0.111. The van der Waals surface area contributed by atoms with Crippen LogP contribution in [0.25, 0.3) is 0 Å². The Morgan fingerprint density at radius 3 is 1.27 bits per heavy atom. The van der Waals surface area contributed by atoms with Crippen LogP contribution in [0.1, 0.15) is 20.7 Å². The van der Waals surface area contributed by atoms with Crippen molar-refractivity contribution in [1.82, 2.24) is 0 Å². The van der Waals surface area contributed by atoms with Gasteiger partial charge in [0.05, 0.1) is 11.4 Å². The molecule has 4 N–H and O–H groups in total. The molecular formula is C14H10F4N2O2. The predicted molar refractivity (Wildman–Crippen MR) is 72.3 cm³/mol. The summed E-state index contributed by atoms with van der Waals surface area (Å²) in [5.74, 6) is -4.44. The van der Waals surface area contributed by atoms with Gasteiger partial charge in [0.2, 0.25) is 0 Å². The summed E-state index contributed by atoms with van der Waals surface area (Å²) in [5, 5.41) is 0. The molecule has 0 heterocycles. The van der Waals surface area contributed by atoms with Gasteiger partial charge in [-0.1, -0.05) is 0 Å². The highest BCUT2D eigenvalue weighted by Gasteiger charge is 2.09. The Morgan fingerprint density at radius 2 is 1.00 bits per heavy atom. The van der Waals surface area contributed by atoms with Gasteiger partial charge in [-0.3, -0.25) is 9.59 Å². The molecule has 2 aromatic carbocycles. The van der Waals surface area contributed by atoms with Gasteiger partial charge in [0.25, 0.3) is 0 Å². The molecule has 0 aliphatic carbocycles. The van der Waals surface area contributed by atoms with Crippen LogP contribution in [0.3, 0.4) is 0 Å². The van der Waals surface area contributed by atoms with Gasteiger partial charge in [0.15, 0.2) is 35.8 Å². The summed E-state index contributed by atoms with van der Waals surface area (Å²) in [6.45, 7) is 0. The number of benzene rings is 2. The third-order valence-corrected chi connectivity index (χ3v) is 2.59. The van der Waals surface area contributed by atoms with E-state index in [4.69, 9.17) is 11.5 Å². The fourth-order valence-corrected chi connectivity index (χ4v) is 1.37. The molecule has 116 valence electrons. The van der Waals surface area contributed by atoms with Crippen molar-refractivity contribution in [3.05, 3.63) is 58.7 Å². The molecule has 0 saturated heterocycles. The Labute approximate surface area is 122 Å². The molecule has 0 aliphatic heterocycles. The van der Waals surface area contributed by atoms with E-state index in [-0.39, 0.29) is 11.1 Å². The first kappa shape index (κ1) is 17.2. The molecule has 2 aromatic rings. The fourth-order valence-electron chi connectivity index (χ4n) is 1.37. The van der Waals surface area contributed by atoms with Crippen LogP contribution in [0, 0.1) is 23.3 Å². The van der Waals surface area contributed by atoms with Crippen molar-refractivity contribution < 1.29 is 27.2 Å². The van der Waals surface area contributed by atoms with Crippen molar-refractivity contribution in [3.8, 4) is 0 Å². The van der Waals surface area contributed by atoms with E-state index in [1.165, 1.54) is 0 Å². The number of nitrogen functional groups attached to an aromatic ring is 2. The first-order valence-corrected chi connectivity index (χ1v) is 5.70. The van der Waals surface area contributed by atoms with Crippen molar-refractivity contribution in [2.45, 2.75) is 0 Å². The summed E-state index contributed by atoms with van der Waals surface area (Å²) in [7, 11) is 0. The lowest BCUT2D eigenvalue weighted by Gasteiger charge is -1.99. The van der Waals surface area contributed by atoms with Gasteiger partial charge < -0.3 is 11.5 Å². The lowest BCUT2D eigenvalue weighted by atomic mass is 10.2. The SMILES string of the molecule is Nc1c(C=O)ccc(F)c1F.Nc1c(C=O)ccc(F)c1F. The van der Waals surface area contributed by atoms with E-state index in [2.05, 4.69) is 0 Å². The molecule has 22 heavy (non-hydrogen) atoms. The average molecular weight is 314 g/mol. The highest BCUT2D eigenvalue weighted by atomic mass is 19.2. The first-order valence-electron chi connectivity index (χ1n) is 5.70. The molecule has 0 saturated carbocycles. The minimum Gasteiger partial charge on any atom is -0.396 e. The molecule has 0 aliphatic rings. The van der Waals surface area contributed by atoms with Crippen LogP contribution < -0.4 is 11.5 Å². The number of hydrogen-bond acceptors (Lipinski definition) is 4. The molecule has 0 radical (unpaired) electrons. The summed E-state index contributed by atoms with van der Waals surface area (Å²) >= 11 is 0. The second kappa shape index (κ2) is 7.21. The molecule has 0 unspecified atom stereocenters. The second-order valence-corrected chi connectivity index (χ2v) is 3.96. The second-order valence-electron chi connectivity index (χ2n) is 3.96. The zero-order valence-electron chi connectivity index (χ0n) is 10.9. The molecule has 2 rings (SSSR count). The van der Waals surface area contributed by atoms with Gasteiger partial charge >= 0.3 is 0 Å². The Bertz CT molecular complexity index is 659. The number of carbonyl (C=O) groups is 2. The van der Waals surface area contributed by atoms with E-state index in [1.807, 2.05) is 0 Å². The van der Waals surface area contributed by atoms with Crippen molar-refractivity contribution in [2.75, 3.05) is 11.5 Å². The number of anilines is 2. The van der Waals surface area contributed by atoms with Gasteiger partial charge in [-0.2, -0.15) is 0 Å². The normalized spacial score (nSPS) is 9.64. The van der Waals surface area contributed by atoms with E-state index in [0.717, 1.165) is 24.3 Å². The van der Waals surface area contributed by atoms with Crippen molar-refractivity contribution >= 4 is 23.9 Å². The molecular weight excluding hydrogens is 304 g/mol. The van der Waals surface area contributed by atoms with Gasteiger partial charge in [-0.05, 0) is 24.3 Å². The molecule has 0 aromatic heterocycles. The zero-order valence-corrected chi connectivity index (χ0v) is 10.9. The number of aldehydes is 2. The molecule has 4 nitrogen and oxygen atoms in total. The average Bonchev–Trinajstić information content (AvgIpc) is 2.51. The van der Waals surface area contributed by atoms with Crippen LogP contribution in [0.4, 0.5) is 28.9 Å². The van der Waals surface area contributed by atoms with E-state index >= 15 is 0 Å². The highest BCUT2D eigenvalue weighted by molar-refractivity contribution is 5.83. The predicted octanol–water partition coefficient (Wildman–Crippen LogP) is 2.72. The molecule has 8 heteroatoms. The Kier molecular flexibility index (Phi) is 5.62. The number of halogens is 4. The summed E-state index contributed by atoms with van der Waals surface area (Å²) < 4.78 is 49.7. The molecule has 0 fully saturated rings. The van der Waals surface area contributed by atoms with Crippen LogP contribution in [0.15, 0.2) is 24.3 Å². The molecule has 0 bridgehead atoms. The largest absolute Gasteiger partial charge is 0.396 e. The van der Waals surface area contributed by atoms with Crippen LogP contribution in [-0.4, -0.2) is 12.6 Å². The smallest absolute Gasteiger partial charge is 0.182 e. The molecule has 0 spiro atoms. The first-order chi connectivity index (χ1) is 10.3. The highest BCUT2D eigenvalue weighted by Crippen LogP contribution is 2.17. The monoisotopic (exact) mass is 314 g/mol. The topological polar surface area (TPSA) is 86.2 Å². The Balaban J connectivity index is 0.000000220. The summed E-state index contributed by atoms with van der Waals surface area (Å²) in [4.78, 5) is 20.2. The minimum absolute atomic E-state index is 0.0381. The van der Waals surface area contributed by atoms with E-state index < -0.39 is 34.6 Å². The zero-order chi connectivity index (χ0) is 16.9. The Hall–Kier alpha value is -2.90. The van der Waals surface area contributed by atoms with E-state index in [1.54, 1.807) is 0 Å². The maximum atomic E-state index is 12.5. The van der Waals surface area contributed by atoms with Crippen LogP contribution >= 0.6 is 0 Å². The van der Waals surface area contributed by atoms with Gasteiger partial charge in [-0.25, -0.2) is 17.6 Å². The quantitative estimate of drug-likeness (QED) is 0.507. The van der Waals surface area contributed by atoms with Crippen LogP contribution in [0.5, 0.6) is 0 Å². The summed E-state index contributed by atoms with van der Waals surface area (Å²) in [6, 6.07) is 3.96.